The summed E-state index contributed by atoms with van der Waals surface area (Å²) in [6, 6.07) is 11.1. The van der Waals surface area contributed by atoms with E-state index in [1.54, 1.807) is 37.5 Å². The first-order valence-electron chi connectivity index (χ1n) is 7.86. The number of hydrogen-bond donors (Lipinski definition) is 2. The van der Waals surface area contributed by atoms with Crippen LogP contribution in [0.15, 0.2) is 58.3 Å². The Balaban J connectivity index is 1.81. The molecule has 0 atom stereocenters. The molecule has 0 saturated carbocycles. The second-order valence-electron chi connectivity index (χ2n) is 5.63. The number of fused-ring (bicyclic) bond motifs is 1. The fourth-order valence-corrected chi connectivity index (χ4v) is 2.59. The van der Waals surface area contributed by atoms with Gasteiger partial charge >= 0.3 is 6.03 Å². The highest BCUT2D eigenvalue weighted by atomic mass is 16.2. The molecule has 0 bridgehead atoms. The van der Waals surface area contributed by atoms with Crippen LogP contribution in [0.1, 0.15) is 6.92 Å². The van der Waals surface area contributed by atoms with Crippen molar-refractivity contribution < 1.29 is 4.79 Å². The zero-order chi connectivity index (χ0) is 18.0. The number of hydrogen-bond acceptors (Lipinski definition) is 3. The molecule has 0 fully saturated rings. The molecule has 0 unspecified atom stereocenters. The van der Waals surface area contributed by atoms with Gasteiger partial charge in [-0.05, 0) is 36.6 Å². The standard InChI is InChI=1S/C18H18N4O3/c1-3-22-11-14(7-9-17(22)24)20-18(25)19-13-6-4-12-5-8-16(23)21(2)15(12)10-13/h4-11H,3H2,1-2H3,(H2,19,20,25). The molecule has 25 heavy (non-hydrogen) atoms. The minimum atomic E-state index is -0.429. The zero-order valence-electron chi connectivity index (χ0n) is 13.9. The van der Waals surface area contributed by atoms with Gasteiger partial charge in [0, 0.05) is 37.6 Å². The Morgan fingerprint density at radius 3 is 2.36 bits per heavy atom. The summed E-state index contributed by atoms with van der Waals surface area (Å²) in [5.41, 5.74) is 1.58. The van der Waals surface area contributed by atoms with Crippen molar-refractivity contribution in [1.29, 1.82) is 0 Å². The summed E-state index contributed by atoms with van der Waals surface area (Å²) < 4.78 is 3.02. The Morgan fingerprint density at radius 1 is 0.960 bits per heavy atom. The number of rotatable bonds is 3. The largest absolute Gasteiger partial charge is 0.323 e. The summed E-state index contributed by atoms with van der Waals surface area (Å²) in [7, 11) is 1.68. The third-order valence-electron chi connectivity index (χ3n) is 3.97. The third-order valence-corrected chi connectivity index (χ3v) is 3.97. The summed E-state index contributed by atoms with van der Waals surface area (Å²) in [6.45, 7) is 2.37. The Labute approximate surface area is 143 Å². The monoisotopic (exact) mass is 338 g/mol. The number of urea groups is 1. The van der Waals surface area contributed by atoms with Crippen LogP contribution >= 0.6 is 0 Å². The maximum absolute atomic E-state index is 12.2. The molecule has 0 radical (unpaired) electrons. The Morgan fingerprint density at radius 2 is 1.60 bits per heavy atom. The van der Waals surface area contributed by atoms with Crippen LogP contribution in [0.2, 0.25) is 0 Å². The van der Waals surface area contributed by atoms with E-state index in [1.807, 2.05) is 13.0 Å². The number of nitrogens with zero attached hydrogens (tertiary/aromatic N) is 2. The van der Waals surface area contributed by atoms with Crippen molar-refractivity contribution in [1.82, 2.24) is 9.13 Å². The molecule has 2 heterocycles. The van der Waals surface area contributed by atoms with Gasteiger partial charge in [0.2, 0.25) is 0 Å². The van der Waals surface area contributed by atoms with E-state index >= 15 is 0 Å². The lowest BCUT2D eigenvalue weighted by atomic mass is 10.2. The van der Waals surface area contributed by atoms with Gasteiger partial charge in [0.1, 0.15) is 0 Å². The molecule has 1 aromatic carbocycles. The van der Waals surface area contributed by atoms with Gasteiger partial charge in [0.25, 0.3) is 11.1 Å². The molecule has 0 aliphatic heterocycles. The number of pyridine rings is 2. The Bertz CT molecular complexity index is 1070. The van der Waals surface area contributed by atoms with Crippen LogP contribution in [0.25, 0.3) is 10.9 Å². The summed E-state index contributed by atoms with van der Waals surface area (Å²) >= 11 is 0. The molecule has 0 aliphatic rings. The number of aromatic nitrogens is 2. The van der Waals surface area contributed by atoms with E-state index in [4.69, 9.17) is 0 Å². The maximum Gasteiger partial charge on any atom is 0.323 e. The molecule has 0 spiro atoms. The molecule has 2 amide bonds. The fourth-order valence-electron chi connectivity index (χ4n) is 2.59. The van der Waals surface area contributed by atoms with Gasteiger partial charge in [-0.25, -0.2) is 4.79 Å². The molecule has 2 N–H and O–H groups in total. The molecule has 3 aromatic rings. The highest BCUT2D eigenvalue weighted by molar-refractivity contribution is 6.00. The van der Waals surface area contributed by atoms with E-state index in [0.29, 0.717) is 17.9 Å². The SMILES string of the molecule is CCn1cc(NC(=O)Nc2ccc3ccc(=O)n(C)c3c2)ccc1=O. The average Bonchev–Trinajstić information content (AvgIpc) is 2.60. The molecule has 3 rings (SSSR count). The topological polar surface area (TPSA) is 85.1 Å². The average molecular weight is 338 g/mol. The van der Waals surface area contributed by atoms with Gasteiger partial charge < -0.3 is 19.8 Å². The highest BCUT2D eigenvalue weighted by Crippen LogP contribution is 2.17. The minimum absolute atomic E-state index is 0.115. The number of carbonyl (C=O) groups excluding carboxylic acids is 1. The molecule has 7 nitrogen and oxygen atoms in total. The number of nitrogens with one attached hydrogen (secondary N) is 2. The number of carbonyl (C=O) groups is 1. The third kappa shape index (κ3) is 3.45. The van der Waals surface area contributed by atoms with Crippen molar-refractivity contribution in [3.63, 3.8) is 0 Å². The van der Waals surface area contributed by atoms with Crippen molar-refractivity contribution >= 4 is 28.3 Å². The van der Waals surface area contributed by atoms with Crippen LogP contribution in [0, 0.1) is 0 Å². The predicted molar refractivity (Wildman–Crippen MR) is 98.2 cm³/mol. The lowest BCUT2D eigenvalue weighted by Crippen LogP contribution is -2.23. The second-order valence-corrected chi connectivity index (χ2v) is 5.63. The zero-order valence-corrected chi connectivity index (χ0v) is 13.9. The van der Waals surface area contributed by atoms with E-state index in [2.05, 4.69) is 10.6 Å². The van der Waals surface area contributed by atoms with E-state index in [1.165, 1.54) is 21.3 Å². The predicted octanol–water partition coefficient (Wildman–Crippen LogP) is 2.36. The lowest BCUT2D eigenvalue weighted by Gasteiger charge is -2.11. The molecule has 0 aliphatic carbocycles. The van der Waals surface area contributed by atoms with Crippen LogP contribution in [0.5, 0.6) is 0 Å². The van der Waals surface area contributed by atoms with Crippen LogP contribution in [0.4, 0.5) is 16.2 Å². The Hall–Kier alpha value is -3.35. The first-order valence-corrected chi connectivity index (χ1v) is 7.86. The molecular weight excluding hydrogens is 320 g/mol. The highest BCUT2D eigenvalue weighted by Gasteiger charge is 2.06. The van der Waals surface area contributed by atoms with Gasteiger partial charge in [-0.1, -0.05) is 6.07 Å². The van der Waals surface area contributed by atoms with Gasteiger partial charge in [-0.15, -0.1) is 0 Å². The summed E-state index contributed by atoms with van der Waals surface area (Å²) in [5.74, 6) is 0. The number of aryl methyl sites for hydroxylation is 2. The van der Waals surface area contributed by atoms with Crippen molar-refractivity contribution in [2.75, 3.05) is 10.6 Å². The van der Waals surface area contributed by atoms with Crippen LogP contribution < -0.4 is 21.8 Å². The van der Waals surface area contributed by atoms with Crippen molar-refractivity contribution in [2.24, 2.45) is 7.05 Å². The summed E-state index contributed by atoms with van der Waals surface area (Å²) in [4.78, 5) is 35.5. The molecule has 2 aromatic heterocycles. The summed E-state index contributed by atoms with van der Waals surface area (Å²) in [6.07, 6.45) is 1.59. The number of benzene rings is 1. The van der Waals surface area contributed by atoms with Crippen LogP contribution in [-0.2, 0) is 13.6 Å². The Kier molecular flexibility index (Phi) is 4.38. The minimum Gasteiger partial charge on any atom is -0.314 e. The molecule has 0 saturated heterocycles. The fraction of sp³-hybridized carbons (Fsp3) is 0.167. The van der Waals surface area contributed by atoms with E-state index in [-0.39, 0.29) is 11.1 Å². The smallest absolute Gasteiger partial charge is 0.314 e. The first-order chi connectivity index (χ1) is 12.0. The quantitative estimate of drug-likeness (QED) is 0.769. The van der Waals surface area contributed by atoms with Gasteiger partial charge in [-0.2, -0.15) is 0 Å². The molecule has 128 valence electrons. The molecular formula is C18H18N4O3. The van der Waals surface area contributed by atoms with E-state index in [0.717, 1.165) is 10.9 Å². The maximum atomic E-state index is 12.2. The van der Waals surface area contributed by atoms with Crippen LogP contribution in [-0.4, -0.2) is 15.2 Å². The van der Waals surface area contributed by atoms with Gasteiger partial charge in [0.15, 0.2) is 0 Å². The molecule has 7 heteroatoms. The van der Waals surface area contributed by atoms with Crippen molar-refractivity contribution in [3.05, 3.63) is 69.4 Å². The van der Waals surface area contributed by atoms with Gasteiger partial charge in [0.05, 0.1) is 11.2 Å². The van der Waals surface area contributed by atoms with E-state index in [9.17, 15) is 14.4 Å². The van der Waals surface area contributed by atoms with Gasteiger partial charge in [-0.3, -0.25) is 9.59 Å². The normalized spacial score (nSPS) is 10.6. The van der Waals surface area contributed by atoms with Crippen molar-refractivity contribution in [2.45, 2.75) is 13.5 Å². The first kappa shape index (κ1) is 16.5. The van der Waals surface area contributed by atoms with E-state index < -0.39 is 6.03 Å². The van der Waals surface area contributed by atoms with Crippen LogP contribution in [0.3, 0.4) is 0 Å². The number of anilines is 2. The second kappa shape index (κ2) is 6.64. The number of amides is 2. The van der Waals surface area contributed by atoms with Crippen molar-refractivity contribution in [3.8, 4) is 0 Å². The summed E-state index contributed by atoms with van der Waals surface area (Å²) in [5, 5.41) is 6.32. The lowest BCUT2D eigenvalue weighted by molar-refractivity contribution is 0.262.